The molecule has 0 aliphatic carbocycles. The molecule has 15 heavy (non-hydrogen) atoms. The quantitative estimate of drug-likeness (QED) is 0.791. The van der Waals surface area contributed by atoms with Crippen LogP contribution < -0.4 is 0 Å². The van der Waals surface area contributed by atoms with Crippen LogP contribution in [-0.2, 0) is 6.61 Å². The van der Waals surface area contributed by atoms with Crippen molar-refractivity contribution < 1.29 is 5.11 Å². The number of benzene rings is 1. The van der Waals surface area contributed by atoms with E-state index in [-0.39, 0.29) is 6.61 Å². The molecule has 1 unspecified atom stereocenters. The Morgan fingerprint density at radius 1 is 1.47 bits per heavy atom. The van der Waals surface area contributed by atoms with Crippen LogP contribution in [0.1, 0.15) is 25.8 Å². The van der Waals surface area contributed by atoms with E-state index in [4.69, 9.17) is 16.7 Å². The van der Waals surface area contributed by atoms with Gasteiger partial charge in [0, 0.05) is 10.6 Å². The number of hydrogen-bond donors (Lipinski definition) is 1. The minimum Gasteiger partial charge on any atom is -0.392 e. The van der Waals surface area contributed by atoms with Crippen molar-refractivity contribution in [3.63, 3.8) is 0 Å². The van der Waals surface area contributed by atoms with Gasteiger partial charge in [-0.3, -0.25) is 0 Å². The Kier molecular flexibility index (Phi) is 5.51. The molecule has 3 heteroatoms. The normalized spacial score (nSPS) is 12.8. The summed E-state index contributed by atoms with van der Waals surface area (Å²) in [6, 6.07) is 5.74. The molecule has 0 heterocycles. The highest BCUT2D eigenvalue weighted by molar-refractivity contribution is 7.99. The second-order valence-electron chi connectivity index (χ2n) is 3.75. The zero-order valence-corrected chi connectivity index (χ0v) is 10.7. The van der Waals surface area contributed by atoms with Crippen molar-refractivity contribution in [2.24, 2.45) is 5.92 Å². The highest BCUT2D eigenvalue weighted by Gasteiger charge is 2.05. The van der Waals surface area contributed by atoms with Crippen LogP contribution in [0, 0.1) is 5.92 Å². The van der Waals surface area contributed by atoms with Crippen LogP contribution in [0.4, 0.5) is 0 Å². The highest BCUT2D eigenvalue weighted by Crippen LogP contribution is 2.29. The molecule has 1 N–H and O–H groups in total. The molecule has 0 radical (unpaired) electrons. The first-order valence-corrected chi connectivity index (χ1v) is 6.55. The minimum atomic E-state index is 0.0516. The zero-order chi connectivity index (χ0) is 11.3. The van der Waals surface area contributed by atoms with Gasteiger partial charge >= 0.3 is 0 Å². The predicted molar refractivity (Wildman–Crippen MR) is 67.6 cm³/mol. The van der Waals surface area contributed by atoms with E-state index in [1.807, 2.05) is 18.2 Å². The molecule has 0 aliphatic heterocycles. The molecule has 0 saturated carbocycles. The third-order valence-corrected chi connectivity index (χ3v) is 4.23. The monoisotopic (exact) mass is 244 g/mol. The molecule has 1 aromatic carbocycles. The lowest BCUT2D eigenvalue weighted by molar-refractivity contribution is 0.282. The molecule has 0 fully saturated rings. The third-order valence-electron chi connectivity index (χ3n) is 2.40. The second kappa shape index (κ2) is 6.41. The lowest BCUT2D eigenvalue weighted by Gasteiger charge is -2.09. The molecule has 0 spiro atoms. The van der Waals surface area contributed by atoms with Gasteiger partial charge in [-0.25, -0.2) is 0 Å². The van der Waals surface area contributed by atoms with Crippen molar-refractivity contribution in [3.8, 4) is 0 Å². The average molecular weight is 245 g/mol. The van der Waals surface area contributed by atoms with E-state index in [9.17, 15) is 0 Å². The standard InChI is InChI=1S/C12H17ClOS/c1-3-9(2)8-15-12-5-4-10(7-14)6-11(12)13/h4-6,9,14H,3,7-8H2,1-2H3. The van der Waals surface area contributed by atoms with E-state index >= 15 is 0 Å². The van der Waals surface area contributed by atoms with Gasteiger partial charge in [0.1, 0.15) is 0 Å². The maximum atomic E-state index is 8.94. The molecule has 1 atom stereocenters. The Bertz CT molecular complexity index is 314. The largest absolute Gasteiger partial charge is 0.392 e. The van der Waals surface area contributed by atoms with Crippen molar-refractivity contribution in [3.05, 3.63) is 28.8 Å². The molecule has 0 saturated heterocycles. The molecule has 1 aromatic rings. The van der Waals surface area contributed by atoms with Crippen LogP contribution in [0.2, 0.25) is 5.02 Å². The van der Waals surface area contributed by atoms with Gasteiger partial charge in [-0.1, -0.05) is 37.9 Å². The van der Waals surface area contributed by atoms with E-state index in [0.29, 0.717) is 5.92 Å². The smallest absolute Gasteiger partial charge is 0.0682 e. The Hall–Kier alpha value is -0.180. The van der Waals surface area contributed by atoms with Gasteiger partial charge in [0.15, 0.2) is 0 Å². The second-order valence-corrected chi connectivity index (χ2v) is 5.22. The molecule has 0 amide bonds. The number of thioether (sulfide) groups is 1. The van der Waals surface area contributed by atoms with Crippen molar-refractivity contribution in [2.45, 2.75) is 31.8 Å². The molecular formula is C12H17ClOS. The first-order chi connectivity index (χ1) is 7.17. The molecule has 0 bridgehead atoms. The van der Waals surface area contributed by atoms with E-state index in [2.05, 4.69) is 13.8 Å². The van der Waals surface area contributed by atoms with Gasteiger partial charge in [-0.2, -0.15) is 0 Å². The number of halogens is 1. The van der Waals surface area contributed by atoms with Crippen LogP contribution in [0.3, 0.4) is 0 Å². The fraction of sp³-hybridized carbons (Fsp3) is 0.500. The summed E-state index contributed by atoms with van der Waals surface area (Å²) in [5.41, 5.74) is 0.868. The summed E-state index contributed by atoms with van der Waals surface area (Å²) < 4.78 is 0. The van der Waals surface area contributed by atoms with Gasteiger partial charge in [-0.15, -0.1) is 11.8 Å². The molecular weight excluding hydrogens is 228 g/mol. The Balaban J connectivity index is 2.62. The van der Waals surface area contributed by atoms with E-state index in [1.165, 1.54) is 6.42 Å². The van der Waals surface area contributed by atoms with Crippen molar-refractivity contribution in [1.29, 1.82) is 0 Å². The number of rotatable bonds is 5. The van der Waals surface area contributed by atoms with Crippen molar-refractivity contribution >= 4 is 23.4 Å². The lowest BCUT2D eigenvalue weighted by atomic mass is 10.2. The number of hydrogen-bond acceptors (Lipinski definition) is 2. The van der Waals surface area contributed by atoms with Gasteiger partial charge in [0.25, 0.3) is 0 Å². The van der Waals surface area contributed by atoms with Crippen LogP contribution in [0.25, 0.3) is 0 Å². The summed E-state index contributed by atoms with van der Waals surface area (Å²) in [5, 5.41) is 9.69. The maximum Gasteiger partial charge on any atom is 0.0682 e. The van der Waals surface area contributed by atoms with Crippen LogP contribution in [0.15, 0.2) is 23.1 Å². The first-order valence-electron chi connectivity index (χ1n) is 5.19. The maximum absolute atomic E-state index is 8.94. The Morgan fingerprint density at radius 2 is 2.20 bits per heavy atom. The average Bonchev–Trinajstić information content (AvgIpc) is 2.26. The van der Waals surface area contributed by atoms with E-state index in [0.717, 1.165) is 21.2 Å². The first kappa shape index (κ1) is 12.9. The Labute approximate surface area is 101 Å². The minimum absolute atomic E-state index is 0.0516. The van der Waals surface area contributed by atoms with Crippen LogP contribution in [-0.4, -0.2) is 10.9 Å². The molecule has 0 aliphatic rings. The van der Waals surface area contributed by atoms with Gasteiger partial charge in [-0.05, 0) is 23.6 Å². The molecule has 0 aromatic heterocycles. The van der Waals surface area contributed by atoms with E-state index < -0.39 is 0 Å². The fourth-order valence-corrected chi connectivity index (χ4v) is 2.54. The van der Waals surface area contributed by atoms with Crippen molar-refractivity contribution in [1.82, 2.24) is 0 Å². The van der Waals surface area contributed by atoms with Gasteiger partial charge in [0.2, 0.25) is 0 Å². The topological polar surface area (TPSA) is 20.2 Å². The molecule has 1 nitrogen and oxygen atoms in total. The summed E-state index contributed by atoms with van der Waals surface area (Å²) in [7, 11) is 0. The van der Waals surface area contributed by atoms with Gasteiger partial charge in [0.05, 0.1) is 11.6 Å². The van der Waals surface area contributed by atoms with Crippen LogP contribution >= 0.6 is 23.4 Å². The summed E-state index contributed by atoms with van der Waals surface area (Å²) >= 11 is 7.89. The van der Waals surface area contributed by atoms with Crippen LogP contribution in [0.5, 0.6) is 0 Å². The summed E-state index contributed by atoms with van der Waals surface area (Å²) in [5.74, 6) is 1.80. The third kappa shape index (κ3) is 4.06. The number of aliphatic hydroxyl groups excluding tert-OH is 1. The lowest BCUT2D eigenvalue weighted by Crippen LogP contribution is -1.95. The predicted octanol–water partition coefficient (Wildman–Crippen LogP) is 3.97. The number of aliphatic hydroxyl groups is 1. The highest BCUT2D eigenvalue weighted by atomic mass is 35.5. The Morgan fingerprint density at radius 3 is 2.73 bits per heavy atom. The molecule has 1 rings (SSSR count). The summed E-state index contributed by atoms with van der Waals surface area (Å²) in [4.78, 5) is 1.11. The van der Waals surface area contributed by atoms with Gasteiger partial charge < -0.3 is 5.11 Å². The van der Waals surface area contributed by atoms with E-state index in [1.54, 1.807) is 11.8 Å². The molecule has 84 valence electrons. The summed E-state index contributed by atoms with van der Waals surface area (Å²) in [6.45, 7) is 4.49. The van der Waals surface area contributed by atoms with Crippen molar-refractivity contribution in [2.75, 3.05) is 5.75 Å². The zero-order valence-electron chi connectivity index (χ0n) is 9.16. The fourth-order valence-electron chi connectivity index (χ4n) is 1.11. The SMILES string of the molecule is CCC(C)CSc1ccc(CO)cc1Cl. The summed E-state index contributed by atoms with van der Waals surface area (Å²) in [6.07, 6.45) is 1.19.